The molecule has 0 spiro atoms. The standard InChI is InChI=1S/C13H13F2N3O2/c1-18-11(16)6-9(17-18)8-4-7(13(14)15)5-10-12(8)20-3-2-19-10/h4-6,13H,2-3,16H2,1H3. The molecule has 106 valence electrons. The normalized spacial score (nSPS) is 13.8. The molecule has 20 heavy (non-hydrogen) atoms. The number of anilines is 1. The van der Waals surface area contributed by atoms with Gasteiger partial charge in [-0.3, -0.25) is 4.68 Å². The van der Waals surface area contributed by atoms with Crippen LogP contribution in [0.5, 0.6) is 11.5 Å². The van der Waals surface area contributed by atoms with Crippen molar-refractivity contribution in [2.24, 2.45) is 7.05 Å². The molecule has 0 unspecified atom stereocenters. The van der Waals surface area contributed by atoms with E-state index >= 15 is 0 Å². The van der Waals surface area contributed by atoms with Crippen molar-refractivity contribution in [1.82, 2.24) is 9.78 Å². The summed E-state index contributed by atoms with van der Waals surface area (Å²) in [5, 5.41) is 4.20. The number of aromatic nitrogens is 2. The molecule has 0 aliphatic carbocycles. The molecule has 0 radical (unpaired) electrons. The Morgan fingerprint density at radius 2 is 2.00 bits per heavy atom. The lowest BCUT2D eigenvalue weighted by Gasteiger charge is -2.21. The van der Waals surface area contributed by atoms with Crippen LogP contribution in [-0.4, -0.2) is 23.0 Å². The first-order valence-electron chi connectivity index (χ1n) is 6.08. The molecule has 1 aliphatic heterocycles. The molecule has 1 aliphatic rings. The highest BCUT2D eigenvalue weighted by atomic mass is 19.3. The minimum Gasteiger partial charge on any atom is -0.486 e. The topological polar surface area (TPSA) is 62.3 Å². The number of nitrogens with two attached hydrogens (primary N) is 1. The Bertz CT molecular complexity index is 636. The molecular weight excluding hydrogens is 268 g/mol. The van der Waals surface area contributed by atoms with Gasteiger partial charge in [0.25, 0.3) is 6.43 Å². The Kier molecular flexibility index (Phi) is 2.96. The van der Waals surface area contributed by atoms with Gasteiger partial charge in [-0.25, -0.2) is 8.78 Å². The van der Waals surface area contributed by atoms with Crippen molar-refractivity contribution in [3.63, 3.8) is 0 Å². The maximum absolute atomic E-state index is 13.0. The molecule has 5 nitrogen and oxygen atoms in total. The smallest absolute Gasteiger partial charge is 0.264 e. The van der Waals surface area contributed by atoms with E-state index < -0.39 is 6.43 Å². The van der Waals surface area contributed by atoms with Crippen LogP contribution >= 0.6 is 0 Å². The molecule has 2 N–H and O–H groups in total. The second kappa shape index (κ2) is 4.66. The van der Waals surface area contributed by atoms with E-state index in [2.05, 4.69) is 5.10 Å². The Labute approximate surface area is 113 Å². The fraction of sp³-hybridized carbons (Fsp3) is 0.308. The van der Waals surface area contributed by atoms with E-state index in [0.717, 1.165) is 0 Å². The zero-order valence-corrected chi connectivity index (χ0v) is 10.8. The molecule has 2 aromatic rings. The molecule has 2 heterocycles. The van der Waals surface area contributed by atoms with Gasteiger partial charge < -0.3 is 15.2 Å². The van der Waals surface area contributed by atoms with Crippen LogP contribution in [0.4, 0.5) is 14.6 Å². The zero-order valence-electron chi connectivity index (χ0n) is 10.8. The van der Waals surface area contributed by atoms with Gasteiger partial charge in [-0.15, -0.1) is 0 Å². The van der Waals surface area contributed by atoms with E-state index in [1.54, 1.807) is 13.1 Å². The number of benzene rings is 1. The SMILES string of the molecule is Cn1nc(-c2cc(C(F)F)cc3c2OCCO3)cc1N. The molecule has 0 bridgehead atoms. The van der Waals surface area contributed by atoms with Crippen LogP contribution in [0.1, 0.15) is 12.0 Å². The highest BCUT2D eigenvalue weighted by Gasteiger charge is 2.23. The summed E-state index contributed by atoms with van der Waals surface area (Å²) in [4.78, 5) is 0. The van der Waals surface area contributed by atoms with Crippen LogP contribution in [0.2, 0.25) is 0 Å². The van der Waals surface area contributed by atoms with Crippen LogP contribution in [-0.2, 0) is 7.05 Å². The lowest BCUT2D eigenvalue weighted by molar-refractivity contribution is 0.147. The van der Waals surface area contributed by atoms with Crippen molar-refractivity contribution >= 4 is 5.82 Å². The van der Waals surface area contributed by atoms with Crippen LogP contribution < -0.4 is 15.2 Å². The number of nitrogen functional groups attached to an aromatic ring is 1. The molecule has 1 aromatic heterocycles. The molecule has 0 amide bonds. The van der Waals surface area contributed by atoms with Crippen LogP contribution in [0.15, 0.2) is 18.2 Å². The third-order valence-electron chi connectivity index (χ3n) is 3.11. The summed E-state index contributed by atoms with van der Waals surface area (Å²) in [7, 11) is 1.68. The Morgan fingerprint density at radius 1 is 1.25 bits per heavy atom. The summed E-state index contributed by atoms with van der Waals surface area (Å²) in [5.74, 6) is 1.18. The zero-order chi connectivity index (χ0) is 14.3. The summed E-state index contributed by atoms with van der Waals surface area (Å²) in [6.45, 7) is 0.708. The highest BCUT2D eigenvalue weighted by Crippen LogP contribution is 2.42. The third-order valence-corrected chi connectivity index (χ3v) is 3.11. The molecule has 0 saturated heterocycles. The maximum Gasteiger partial charge on any atom is 0.264 e. The molecule has 0 fully saturated rings. The first-order valence-corrected chi connectivity index (χ1v) is 6.08. The van der Waals surface area contributed by atoms with Gasteiger partial charge in [0.05, 0.1) is 5.69 Å². The fourth-order valence-electron chi connectivity index (χ4n) is 2.10. The van der Waals surface area contributed by atoms with Crippen molar-refractivity contribution in [1.29, 1.82) is 0 Å². The number of aryl methyl sites for hydroxylation is 1. The van der Waals surface area contributed by atoms with Gasteiger partial charge in [-0.05, 0) is 12.1 Å². The van der Waals surface area contributed by atoms with Crippen molar-refractivity contribution < 1.29 is 18.3 Å². The Hall–Kier alpha value is -2.31. The van der Waals surface area contributed by atoms with Crippen LogP contribution in [0.3, 0.4) is 0 Å². The summed E-state index contributed by atoms with van der Waals surface area (Å²) >= 11 is 0. The second-order valence-corrected chi connectivity index (χ2v) is 4.47. The number of alkyl halides is 2. The minimum absolute atomic E-state index is 0.131. The summed E-state index contributed by atoms with van der Waals surface area (Å²) in [6.07, 6.45) is -2.59. The first-order chi connectivity index (χ1) is 9.56. The predicted octanol–water partition coefficient (Wildman–Crippen LogP) is 2.38. The highest BCUT2D eigenvalue weighted by molar-refractivity contribution is 5.74. The monoisotopic (exact) mass is 281 g/mol. The molecule has 0 saturated carbocycles. The van der Waals surface area contributed by atoms with Gasteiger partial charge in [0.1, 0.15) is 19.0 Å². The van der Waals surface area contributed by atoms with Crippen molar-refractivity contribution in [3.05, 3.63) is 23.8 Å². The fourth-order valence-corrected chi connectivity index (χ4v) is 2.10. The number of nitrogens with zero attached hydrogens (tertiary/aromatic N) is 2. The average molecular weight is 281 g/mol. The Morgan fingerprint density at radius 3 is 2.65 bits per heavy atom. The van der Waals surface area contributed by atoms with Crippen LogP contribution in [0.25, 0.3) is 11.3 Å². The number of halogens is 2. The van der Waals surface area contributed by atoms with E-state index in [1.165, 1.54) is 16.8 Å². The number of fused-ring (bicyclic) bond motifs is 1. The van der Waals surface area contributed by atoms with E-state index in [1.807, 2.05) is 0 Å². The number of hydrogen-bond acceptors (Lipinski definition) is 4. The molecule has 7 heteroatoms. The molecule has 1 aromatic carbocycles. The largest absolute Gasteiger partial charge is 0.486 e. The first kappa shape index (κ1) is 12.7. The van der Waals surface area contributed by atoms with Gasteiger partial charge in [0.2, 0.25) is 0 Å². The van der Waals surface area contributed by atoms with Gasteiger partial charge in [0, 0.05) is 24.2 Å². The van der Waals surface area contributed by atoms with E-state index in [0.29, 0.717) is 41.8 Å². The van der Waals surface area contributed by atoms with Gasteiger partial charge in [0.15, 0.2) is 11.5 Å². The van der Waals surface area contributed by atoms with Gasteiger partial charge in [-0.1, -0.05) is 0 Å². The van der Waals surface area contributed by atoms with E-state index in [9.17, 15) is 8.78 Å². The average Bonchev–Trinajstić information content (AvgIpc) is 2.77. The van der Waals surface area contributed by atoms with Gasteiger partial charge >= 0.3 is 0 Å². The number of hydrogen-bond donors (Lipinski definition) is 1. The Balaban J connectivity index is 2.19. The van der Waals surface area contributed by atoms with Crippen molar-refractivity contribution in [3.8, 4) is 22.8 Å². The molecule has 0 atom stereocenters. The number of rotatable bonds is 2. The number of ether oxygens (including phenoxy) is 2. The van der Waals surface area contributed by atoms with E-state index in [4.69, 9.17) is 15.2 Å². The van der Waals surface area contributed by atoms with Gasteiger partial charge in [-0.2, -0.15) is 5.10 Å². The summed E-state index contributed by atoms with van der Waals surface area (Å²) in [5.41, 5.74) is 6.54. The predicted molar refractivity (Wildman–Crippen MR) is 69.0 cm³/mol. The summed E-state index contributed by atoms with van der Waals surface area (Å²) < 4.78 is 38.3. The maximum atomic E-state index is 13.0. The molecule has 3 rings (SSSR count). The van der Waals surface area contributed by atoms with E-state index in [-0.39, 0.29) is 5.56 Å². The lowest BCUT2D eigenvalue weighted by Crippen LogP contribution is -2.16. The second-order valence-electron chi connectivity index (χ2n) is 4.47. The third kappa shape index (κ3) is 2.04. The minimum atomic E-state index is -2.59. The van der Waals surface area contributed by atoms with Crippen molar-refractivity contribution in [2.75, 3.05) is 18.9 Å². The molecular formula is C13H13F2N3O2. The lowest BCUT2D eigenvalue weighted by atomic mass is 10.1. The van der Waals surface area contributed by atoms with Crippen molar-refractivity contribution in [2.45, 2.75) is 6.43 Å². The summed E-state index contributed by atoms with van der Waals surface area (Å²) in [6, 6.07) is 4.28. The quantitative estimate of drug-likeness (QED) is 0.918. The van der Waals surface area contributed by atoms with Crippen LogP contribution in [0, 0.1) is 0 Å².